The van der Waals surface area contributed by atoms with Gasteiger partial charge in [0.25, 0.3) is 5.91 Å². The van der Waals surface area contributed by atoms with Crippen molar-refractivity contribution in [3.8, 4) is 5.75 Å². The second-order valence-electron chi connectivity index (χ2n) is 19.8. The molecule has 0 saturated heterocycles. The molecular weight excluding hydrogens is 1030 g/mol. The van der Waals surface area contributed by atoms with Crippen LogP contribution < -0.4 is 78.0 Å². The normalized spacial score (nSPS) is 13.0. The van der Waals surface area contributed by atoms with E-state index in [1.165, 1.54) is 0 Å². The highest BCUT2D eigenvalue weighted by Gasteiger charge is 2.19. The molecule has 0 bridgehead atoms. The first kappa shape index (κ1) is 68.9. The van der Waals surface area contributed by atoms with E-state index in [9.17, 15) is 24.0 Å². The van der Waals surface area contributed by atoms with Crippen molar-refractivity contribution in [3.63, 3.8) is 0 Å². The number of nitrogens with two attached hydrogens (primary N) is 10. The zero-order valence-corrected chi connectivity index (χ0v) is 47.4. The number of Topliss-reactive ketones (excluding diaryl/α,β-unsaturated/α-hetero) is 2. The smallest absolute Gasteiger partial charge is 0.280 e. The summed E-state index contributed by atoms with van der Waals surface area (Å²) < 4.78 is 6.14. The van der Waals surface area contributed by atoms with Gasteiger partial charge in [0.1, 0.15) is 23.9 Å². The van der Waals surface area contributed by atoms with Gasteiger partial charge < -0.3 is 72.7 Å². The number of aliphatic imine (C=N–C) groups is 3. The monoisotopic (exact) mass is 1130 g/mol. The molecule has 23 N–H and O–H groups in total. The van der Waals surface area contributed by atoms with E-state index in [4.69, 9.17) is 73.7 Å². The minimum atomic E-state index is -0.658. The fourth-order valence-corrected chi connectivity index (χ4v) is 8.34. The number of nitrogens with zero attached hydrogens (tertiary/aromatic N) is 6. The lowest BCUT2D eigenvalue weighted by Crippen LogP contribution is -2.42. The summed E-state index contributed by atoms with van der Waals surface area (Å²) >= 11 is 5.99. The molecule has 0 unspecified atom stereocenters. The first-order valence-electron chi connectivity index (χ1n) is 27.9. The molecule has 444 valence electrons. The van der Waals surface area contributed by atoms with E-state index >= 15 is 0 Å². The summed E-state index contributed by atoms with van der Waals surface area (Å²) in [5.74, 6) is -0.317. The third-order valence-electron chi connectivity index (χ3n) is 13.0. The number of aromatic nitrogens is 2. The number of hydrogen-bond donors (Lipinski definition) is 13. The van der Waals surface area contributed by atoms with Gasteiger partial charge in [0.15, 0.2) is 34.5 Å². The second kappa shape index (κ2) is 40.9. The SMILES string of the molecule is Cc1nc(N)c(C(=O)NC(N)=NCCCCc2ccc(OCCN(CCCNC(=O)[C@@H](N)CCCCCC(=O)[C@@H](N)CCCCN=C(N)N)CCCNC(=O)[C@@H](N)CCCCCC(=O)[C@@H](N)CCCCN=C(N)N)cc2)nc1Cl. The average Bonchev–Trinajstić information content (AvgIpc) is 3.41. The van der Waals surface area contributed by atoms with Crippen LogP contribution in [0.2, 0.25) is 5.15 Å². The Morgan fingerprint density at radius 1 is 0.595 bits per heavy atom. The first-order valence-corrected chi connectivity index (χ1v) is 28.2. The van der Waals surface area contributed by atoms with Gasteiger partial charge in [0, 0.05) is 52.1 Å². The maximum atomic E-state index is 12.9. The highest BCUT2D eigenvalue weighted by Crippen LogP contribution is 2.17. The molecule has 0 aliphatic carbocycles. The van der Waals surface area contributed by atoms with Crippen molar-refractivity contribution in [2.45, 2.75) is 166 Å². The predicted octanol–water partition coefficient (Wildman–Crippen LogP) is 1.02. The van der Waals surface area contributed by atoms with Crippen LogP contribution in [0.25, 0.3) is 0 Å². The van der Waals surface area contributed by atoms with Crippen molar-refractivity contribution in [3.05, 3.63) is 46.4 Å². The van der Waals surface area contributed by atoms with E-state index in [1.54, 1.807) is 6.92 Å². The lowest BCUT2D eigenvalue weighted by molar-refractivity contribution is -0.123. The van der Waals surface area contributed by atoms with Gasteiger partial charge in [-0.15, -0.1) is 0 Å². The van der Waals surface area contributed by atoms with Crippen LogP contribution in [-0.2, 0) is 25.6 Å². The largest absolute Gasteiger partial charge is 0.492 e. The van der Waals surface area contributed by atoms with E-state index in [-0.39, 0.29) is 57.9 Å². The Morgan fingerprint density at radius 3 is 1.57 bits per heavy atom. The summed E-state index contributed by atoms with van der Waals surface area (Å²) in [6.45, 7) is 6.27. The van der Waals surface area contributed by atoms with Gasteiger partial charge in [-0.3, -0.25) is 49.2 Å². The fraction of sp³-hybridized carbons (Fsp3) is 0.660. The van der Waals surface area contributed by atoms with Gasteiger partial charge in [-0.25, -0.2) is 9.97 Å². The summed E-state index contributed by atoms with van der Waals surface area (Å²) in [4.78, 5) is 85.5. The van der Waals surface area contributed by atoms with E-state index in [2.05, 4.69) is 45.8 Å². The van der Waals surface area contributed by atoms with Crippen molar-refractivity contribution in [1.82, 2.24) is 30.8 Å². The van der Waals surface area contributed by atoms with E-state index in [0.717, 1.165) is 69.1 Å². The number of amides is 3. The minimum Gasteiger partial charge on any atom is -0.492 e. The Hall–Kier alpha value is -6.25. The Labute approximate surface area is 471 Å². The van der Waals surface area contributed by atoms with Gasteiger partial charge in [0.05, 0.1) is 29.9 Å². The Balaban J connectivity index is 1.80. The Kier molecular flexibility index (Phi) is 35.6. The average molecular weight is 1130 g/mol. The molecular formula is C53H94ClN19O6. The topological polar surface area (TPSA) is 457 Å². The number of nitrogens with one attached hydrogen (secondary N) is 3. The van der Waals surface area contributed by atoms with Crippen molar-refractivity contribution in [2.75, 3.05) is 64.7 Å². The zero-order valence-electron chi connectivity index (χ0n) is 46.6. The van der Waals surface area contributed by atoms with Crippen molar-refractivity contribution < 1.29 is 28.7 Å². The predicted molar refractivity (Wildman–Crippen MR) is 314 cm³/mol. The Bertz CT molecular complexity index is 2130. The molecule has 79 heavy (non-hydrogen) atoms. The molecule has 1 aromatic carbocycles. The molecule has 26 heteroatoms. The van der Waals surface area contributed by atoms with Crippen LogP contribution in [0.3, 0.4) is 0 Å². The molecule has 25 nitrogen and oxygen atoms in total. The number of aryl methyl sites for hydroxylation is 2. The fourth-order valence-electron chi connectivity index (χ4n) is 8.21. The van der Waals surface area contributed by atoms with Crippen LogP contribution in [0.4, 0.5) is 5.82 Å². The van der Waals surface area contributed by atoms with Crippen LogP contribution in [0.1, 0.15) is 150 Å². The van der Waals surface area contributed by atoms with Crippen molar-refractivity contribution in [1.29, 1.82) is 0 Å². The maximum absolute atomic E-state index is 12.9. The number of rotatable bonds is 44. The molecule has 1 heterocycles. The van der Waals surface area contributed by atoms with E-state index < -0.39 is 30.1 Å². The van der Waals surface area contributed by atoms with E-state index in [0.29, 0.717) is 142 Å². The number of halogens is 1. The van der Waals surface area contributed by atoms with Gasteiger partial charge in [0.2, 0.25) is 11.8 Å². The maximum Gasteiger partial charge on any atom is 0.280 e. The number of unbranched alkanes of at least 4 members (excludes halogenated alkanes) is 7. The van der Waals surface area contributed by atoms with Crippen molar-refractivity contribution >= 4 is 64.6 Å². The Morgan fingerprint density at radius 2 is 1.06 bits per heavy atom. The number of ether oxygens (including phenoxy) is 1. The van der Waals surface area contributed by atoms with Gasteiger partial charge in [-0.05, 0) is 134 Å². The second-order valence-corrected chi connectivity index (χ2v) is 20.2. The third kappa shape index (κ3) is 32.4. The number of benzene rings is 1. The summed E-state index contributed by atoms with van der Waals surface area (Å²) in [7, 11) is 0. The highest BCUT2D eigenvalue weighted by molar-refractivity contribution is 6.30. The molecule has 0 radical (unpaired) electrons. The molecule has 0 aliphatic rings. The molecule has 3 amide bonds. The minimum absolute atomic E-state index is 0.0282. The number of carbonyl (C=O) groups is 5. The van der Waals surface area contributed by atoms with Gasteiger partial charge in [-0.1, -0.05) is 49.4 Å². The molecule has 2 rings (SSSR count). The standard InChI is InChI=1S/C53H94ClN19O6/c1-36-46(54)71-45(47(59)70-36)50(78)72-53(64)69-29-11-8-16-37-23-25-38(26-24-37)79-35-34-73(32-14-30-65-48(76)41(57)19-4-2-6-21-43(74)39(55)17-9-12-27-67-51(60)61)33-15-31-66-49(77)42(58)20-5-3-7-22-44(75)40(56)18-10-13-28-68-52(62)63/h23-26,39-42H,2-22,27-35,55-58H2,1H3,(H2,59,70)(H,65,76)(H,66,77)(H4,60,61,67)(H4,62,63,68)(H3,64,69,72,78)/t39-,40-,41-,42-/m0/s1. The van der Waals surface area contributed by atoms with Gasteiger partial charge in [-0.2, -0.15) is 0 Å². The number of anilines is 1. The zero-order chi connectivity index (χ0) is 58.4. The molecule has 0 spiro atoms. The lowest BCUT2D eigenvalue weighted by atomic mass is 10.0. The van der Waals surface area contributed by atoms with Gasteiger partial charge >= 0.3 is 0 Å². The van der Waals surface area contributed by atoms with Crippen LogP contribution in [0.15, 0.2) is 39.2 Å². The number of guanidine groups is 3. The first-order chi connectivity index (χ1) is 37.8. The number of hydrogen-bond acceptors (Lipinski definition) is 17. The summed E-state index contributed by atoms with van der Waals surface area (Å²) in [6, 6.07) is 5.58. The molecule has 4 atom stereocenters. The van der Waals surface area contributed by atoms with Crippen LogP contribution >= 0.6 is 11.6 Å². The summed E-state index contributed by atoms with van der Waals surface area (Å²) in [5, 5.41) is 8.47. The number of carbonyl (C=O) groups excluding carboxylic acids is 5. The van der Waals surface area contributed by atoms with Crippen LogP contribution in [0.5, 0.6) is 5.75 Å². The van der Waals surface area contributed by atoms with Crippen LogP contribution in [-0.4, -0.2) is 145 Å². The quantitative estimate of drug-likeness (QED) is 0.0250. The molecule has 1 aromatic heterocycles. The number of ketones is 2. The van der Waals surface area contributed by atoms with Crippen molar-refractivity contribution in [2.24, 2.45) is 66.6 Å². The third-order valence-corrected chi connectivity index (χ3v) is 13.3. The van der Waals surface area contributed by atoms with Crippen LogP contribution in [0, 0.1) is 6.92 Å². The molecule has 0 saturated carbocycles. The molecule has 2 aromatic rings. The van der Waals surface area contributed by atoms with E-state index in [1.807, 2.05) is 24.3 Å². The molecule has 0 aliphatic heterocycles. The lowest BCUT2D eigenvalue weighted by Gasteiger charge is -2.23. The molecule has 0 fully saturated rings. The highest BCUT2D eigenvalue weighted by atomic mass is 35.5. The number of nitrogen functional groups attached to an aromatic ring is 1. The summed E-state index contributed by atoms with van der Waals surface area (Å²) in [5.41, 5.74) is 59.1. The summed E-state index contributed by atoms with van der Waals surface area (Å²) in [6.07, 6.45) is 14.0.